The highest BCUT2D eigenvalue weighted by atomic mass is 16.5. The van der Waals surface area contributed by atoms with Crippen molar-refractivity contribution < 1.29 is 9.53 Å². The van der Waals surface area contributed by atoms with Crippen LogP contribution in [0.25, 0.3) is 5.69 Å². The van der Waals surface area contributed by atoms with E-state index in [2.05, 4.69) is 20.8 Å². The van der Waals surface area contributed by atoms with E-state index in [0.29, 0.717) is 11.4 Å². The van der Waals surface area contributed by atoms with Gasteiger partial charge in [-0.2, -0.15) is 0 Å². The quantitative estimate of drug-likeness (QED) is 0.779. The summed E-state index contributed by atoms with van der Waals surface area (Å²) in [6.07, 6.45) is 1.50. The first-order valence-electron chi connectivity index (χ1n) is 7.03. The molecule has 3 aromatic rings. The van der Waals surface area contributed by atoms with Gasteiger partial charge in [-0.25, -0.2) is 4.68 Å². The molecule has 0 bridgehead atoms. The molecule has 2 aromatic carbocycles. The van der Waals surface area contributed by atoms with Gasteiger partial charge in [0.25, 0.3) is 5.91 Å². The fourth-order valence-electron chi connectivity index (χ4n) is 1.96. The van der Waals surface area contributed by atoms with Gasteiger partial charge in [0, 0.05) is 5.69 Å². The van der Waals surface area contributed by atoms with Gasteiger partial charge >= 0.3 is 0 Å². The van der Waals surface area contributed by atoms with Crippen molar-refractivity contribution in [1.82, 2.24) is 20.2 Å². The molecular weight excluding hydrogens is 294 g/mol. The van der Waals surface area contributed by atoms with Gasteiger partial charge in [0.2, 0.25) is 0 Å². The molecule has 7 heteroatoms. The van der Waals surface area contributed by atoms with Crippen LogP contribution in [0.3, 0.4) is 0 Å². The van der Waals surface area contributed by atoms with E-state index in [-0.39, 0.29) is 12.5 Å². The van der Waals surface area contributed by atoms with E-state index >= 15 is 0 Å². The van der Waals surface area contributed by atoms with Crippen LogP contribution in [-0.2, 0) is 4.79 Å². The predicted octanol–water partition coefficient (Wildman–Crippen LogP) is 1.99. The zero-order valence-corrected chi connectivity index (χ0v) is 12.5. The lowest BCUT2D eigenvalue weighted by Crippen LogP contribution is -2.20. The number of anilines is 1. The second-order valence-corrected chi connectivity index (χ2v) is 4.95. The van der Waals surface area contributed by atoms with Gasteiger partial charge in [0.15, 0.2) is 6.61 Å². The van der Waals surface area contributed by atoms with Crippen molar-refractivity contribution in [3.63, 3.8) is 0 Å². The number of amides is 1. The minimum atomic E-state index is -0.222. The van der Waals surface area contributed by atoms with Gasteiger partial charge in [-0.15, -0.1) is 5.10 Å². The number of aromatic nitrogens is 4. The monoisotopic (exact) mass is 309 g/mol. The number of carbonyl (C=O) groups excluding carboxylic acids is 1. The smallest absolute Gasteiger partial charge is 0.262 e. The maximum atomic E-state index is 11.9. The molecule has 23 heavy (non-hydrogen) atoms. The second-order valence-electron chi connectivity index (χ2n) is 4.95. The van der Waals surface area contributed by atoms with Crippen molar-refractivity contribution in [2.75, 3.05) is 11.9 Å². The number of ether oxygens (including phenoxy) is 1. The number of benzene rings is 2. The third-order valence-corrected chi connectivity index (χ3v) is 3.16. The van der Waals surface area contributed by atoms with Gasteiger partial charge in [0.05, 0.1) is 5.69 Å². The third-order valence-electron chi connectivity index (χ3n) is 3.16. The van der Waals surface area contributed by atoms with Crippen LogP contribution in [0.4, 0.5) is 5.69 Å². The van der Waals surface area contributed by atoms with Gasteiger partial charge in [-0.05, 0) is 53.7 Å². The normalized spacial score (nSPS) is 10.3. The SMILES string of the molecule is Cc1ccc(OCC(=O)Nc2ccc(-n3cnnn3)cc2)cc1. The van der Waals surface area contributed by atoms with Crippen molar-refractivity contribution in [3.8, 4) is 11.4 Å². The minimum absolute atomic E-state index is 0.0438. The van der Waals surface area contributed by atoms with Gasteiger partial charge < -0.3 is 10.1 Å². The zero-order valence-electron chi connectivity index (χ0n) is 12.5. The Bertz CT molecular complexity index is 767. The minimum Gasteiger partial charge on any atom is -0.484 e. The first kappa shape index (κ1) is 14.7. The Labute approximate surface area is 132 Å². The van der Waals surface area contributed by atoms with E-state index in [1.54, 1.807) is 12.1 Å². The average molecular weight is 309 g/mol. The number of hydrogen-bond acceptors (Lipinski definition) is 5. The molecule has 0 unspecified atom stereocenters. The van der Waals surface area contributed by atoms with E-state index in [1.807, 2.05) is 43.3 Å². The standard InChI is InChI=1S/C16H15N5O2/c1-12-2-8-15(9-3-12)23-10-16(22)18-13-4-6-14(7-5-13)21-11-17-19-20-21/h2-9,11H,10H2,1H3,(H,18,22). The summed E-state index contributed by atoms with van der Waals surface area (Å²) in [6.45, 7) is 1.95. The van der Waals surface area contributed by atoms with Crippen molar-refractivity contribution in [1.29, 1.82) is 0 Å². The Kier molecular flexibility index (Phi) is 4.28. The molecule has 0 atom stereocenters. The average Bonchev–Trinajstić information content (AvgIpc) is 3.09. The van der Waals surface area contributed by atoms with E-state index in [4.69, 9.17) is 4.74 Å². The molecule has 0 radical (unpaired) electrons. The molecule has 0 spiro atoms. The molecule has 1 amide bonds. The summed E-state index contributed by atoms with van der Waals surface area (Å²) in [7, 11) is 0. The van der Waals surface area contributed by atoms with Crippen LogP contribution < -0.4 is 10.1 Å². The van der Waals surface area contributed by atoms with Crippen LogP contribution in [0.15, 0.2) is 54.9 Å². The lowest BCUT2D eigenvalue weighted by atomic mass is 10.2. The van der Waals surface area contributed by atoms with Crippen LogP contribution in [0.5, 0.6) is 5.75 Å². The lowest BCUT2D eigenvalue weighted by Gasteiger charge is -2.08. The van der Waals surface area contributed by atoms with E-state index in [1.165, 1.54) is 11.0 Å². The fraction of sp³-hybridized carbons (Fsp3) is 0.125. The maximum absolute atomic E-state index is 11.9. The Balaban J connectivity index is 1.54. The zero-order chi connectivity index (χ0) is 16.1. The highest BCUT2D eigenvalue weighted by molar-refractivity contribution is 5.91. The molecule has 1 N–H and O–H groups in total. The Hall–Kier alpha value is -3.22. The summed E-state index contributed by atoms with van der Waals surface area (Å²) < 4.78 is 6.97. The molecule has 7 nitrogen and oxygen atoms in total. The number of carbonyl (C=O) groups is 1. The van der Waals surface area contributed by atoms with Crippen LogP contribution >= 0.6 is 0 Å². The molecule has 3 rings (SSSR count). The number of hydrogen-bond donors (Lipinski definition) is 1. The Morgan fingerprint density at radius 1 is 1.13 bits per heavy atom. The molecule has 0 aliphatic heterocycles. The molecule has 116 valence electrons. The summed E-state index contributed by atoms with van der Waals surface area (Å²) in [4.78, 5) is 11.9. The molecule has 0 saturated carbocycles. The van der Waals surface area contributed by atoms with E-state index in [9.17, 15) is 4.79 Å². The molecule has 0 aliphatic carbocycles. The number of nitrogens with one attached hydrogen (secondary N) is 1. The van der Waals surface area contributed by atoms with Crippen molar-refractivity contribution in [3.05, 3.63) is 60.4 Å². The molecule has 0 saturated heterocycles. The van der Waals surface area contributed by atoms with E-state index in [0.717, 1.165) is 11.3 Å². The molecular formula is C16H15N5O2. The van der Waals surface area contributed by atoms with Gasteiger partial charge in [0.1, 0.15) is 12.1 Å². The number of tetrazole rings is 1. The highest BCUT2D eigenvalue weighted by Crippen LogP contribution is 2.13. The van der Waals surface area contributed by atoms with Crippen LogP contribution in [0.1, 0.15) is 5.56 Å². The molecule has 1 heterocycles. The highest BCUT2D eigenvalue weighted by Gasteiger charge is 2.04. The van der Waals surface area contributed by atoms with Crippen molar-refractivity contribution >= 4 is 11.6 Å². The Morgan fingerprint density at radius 3 is 2.52 bits per heavy atom. The molecule has 0 fully saturated rings. The van der Waals surface area contributed by atoms with Crippen LogP contribution in [0.2, 0.25) is 0 Å². The summed E-state index contributed by atoms with van der Waals surface area (Å²) >= 11 is 0. The second kappa shape index (κ2) is 6.69. The number of rotatable bonds is 5. The van der Waals surface area contributed by atoms with Gasteiger partial charge in [-0.3, -0.25) is 4.79 Å². The predicted molar refractivity (Wildman–Crippen MR) is 84.5 cm³/mol. The van der Waals surface area contributed by atoms with E-state index < -0.39 is 0 Å². The molecule has 0 aliphatic rings. The lowest BCUT2D eigenvalue weighted by molar-refractivity contribution is -0.118. The number of aryl methyl sites for hydroxylation is 1. The summed E-state index contributed by atoms with van der Waals surface area (Å²) in [5.74, 6) is 0.445. The van der Waals surface area contributed by atoms with Crippen LogP contribution in [0, 0.1) is 6.92 Å². The van der Waals surface area contributed by atoms with Crippen molar-refractivity contribution in [2.45, 2.75) is 6.92 Å². The van der Waals surface area contributed by atoms with Crippen LogP contribution in [-0.4, -0.2) is 32.7 Å². The fourth-order valence-corrected chi connectivity index (χ4v) is 1.96. The third kappa shape index (κ3) is 3.91. The van der Waals surface area contributed by atoms with Gasteiger partial charge in [-0.1, -0.05) is 17.7 Å². The Morgan fingerprint density at radius 2 is 1.87 bits per heavy atom. The number of nitrogens with zero attached hydrogens (tertiary/aromatic N) is 4. The maximum Gasteiger partial charge on any atom is 0.262 e. The largest absolute Gasteiger partial charge is 0.484 e. The first-order valence-corrected chi connectivity index (χ1v) is 7.03. The summed E-state index contributed by atoms with van der Waals surface area (Å²) in [6, 6.07) is 14.7. The summed E-state index contributed by atoms with van der Waals surface area (Å²) in [5, 5.41) is 13.7. The van der Waals surface area contributed by atoms with Crippen molar-refractivity contribution in [2.24, 2.45) is 0 Å². The first-order chi connectivity index (χ1) is 11.2. The summed E-state index contributed by atoms with van der Waals surface area (Å²) in [5.41, 5.74) is 2.63. The molecule has 1 aromatic heterocycles. The topological polar surface area (TPSA) is 81.9 Å².